The molecule has 200 valence electrons. The molecule has 0 fully saturated rings. The number of carbonyl (C=O) groups excluding carboxylic acids is 2. The van der Waals surface area contributed by atoms with E-state index < -0.39 is 27.9 Å². The molecule has 1 atom stereocenters. The second-order valence-electron chi connectivity index (χ2n) is 8.80. The van der Waals surface area contributed by atoms with Crippen molar-refractivity contribution in [3.05, 3.63) is 101 Å². The summed E-state index contributed by atoms with van der Waals surface area (Å²) in [5, 5.41) is 12.7. The molecule has 0 spiro atoms. The zero-order chi connectivity index (χ0) is 27.5. The molecule has 0 saturated heterocycles. The first kappa shape index (κ1) is 28.4. The Hall–Kier alpha value is -4.22. The number of nitrogens with two attached hydrogens (primary N) is 2. The summed E-state index contributed by atoms with van der Waals surface area (Å²) >= 11 is 0. The van der Waals surface area contributed by atoms with Gasteiger partial charge in [-0.25, -0.2) is 13.1 Å². The molecule has 0 saturated carbocycles. The van der Waals surface area contributed by atoms with E-state index in [4.69, 9.17) is 16.9 Å². The Labute approximate surface area is 222 Å². The van der Waals surface area contributed by atoms with Crippen LogP contribution in [-0.4, -0.2) is 38.7 Å². The van der Waals surface area contributed by atoms with Crippen LogP contribution in [0.5, 0.6) is 0 Å². The molecule has 10 nitrogen and oxygen atoms in total. The van der Waals surface area contributed by atoms with Gasteiger partial charge in [0.15, 0.2) is 0 Å². The topological polar surface area (TPSA) is 180 Å². The lowest BCUT2D eigenvalue weighted by atomic mass is 10.1. The van der Waals surface area contributed by atoms with E-state index in [0.717, 1.165) is 11.1 Å². The van der Waals surface area contributed by atoms with Crippen molar-refractivity contribution in [1.82, 2.24) is 15.4 Å². The van der Waals surface area contributed by atoms with Gasteiger partial charge in [0.25, 0.3) is 0 Å². The number of nitrogens with one attached hydrogen (secondary N) is 4. The first-order valence-electron chi connectivity index (χ1n) is 12.0. The van der Waals surface area contributed by atoms with Gasteiger partial charge in [-0.2, -0.15) is 0 Å². The Kier molecular flexibility index (Phi) is 9.97. The first-order chi connectivity index (χ1) is 18.1. The number of nitrogen functional groups attached to an aromatic ring is 2. The minimum absolute atomic E-state index is 0.0476. The minimum atomic E-state index is -3.89. The fourth-order valence-corrected chi connectivity index (χ4v) is 5.08. The molecule has 0 aliphatic heterocycles. The highest BCUT2D eigenvalue weighted by atomic mass is 32.2. The Morgan fingerprint density at radius 3 is 2.21 bits per heavy atom. The van der Waals surface area contributed by atoms with Crippen molar-refractivity contribution in [2.45, 2.75) is 31.2 Å². The van der Waals surface area contributed by atoms with Crippen LogP contribution in [0.2, 0.25) is 0 Å². The highest BCUT2D eigenvalue weighted by Gasteiger charge is 2.25. The van der Waals surface area contributed by atoms with Crippen molar-refractivity contribution in [3.8, 4) is 0 Å². The van der Waals surface area contributed by atoms with Crippen molar-refractivity contribution in [2.75, 3.05) is 12.3 Å². The van der Waals surface area contributed by atoms with Crippen LogP contribution in [-0.2, 0) is 38.3 Å². The third-order valence-corrected chi connectivity index (χ3v) is 7.05. The largest absolute Gasteiger partial charge is 0.399 e. The molecule has 0 aliphatic rings. The number of rotatable bonds is 13. The molecule has 38 heavy (non-hydrogen) atoms. The average Bonchev–Trinajstić information content (AvgIpc) is 2.89. The maximum Gasteiger partial charge on any atom is 0.239 e. The van der Waals surface area contributed by atoms with Crippen LogP contribution in [0, 0.1) is 5.41 Å². The van der Waals surface area contributed by atoms with Crippen LogP contribution in [0.25, 0.3) is 0 Å². The maximum absolute atomic E-state index is 13.0. The monoisotopic (exact) mass is 536 g/mol. The second kappa shape index (κ2) is 13.4. The maximum atomic E-state index is 13.0. The summed E-state index contributed by atoms with van der Waals surface area (Å²) in [5.74, 6) is -1.42. The predicted molar refractivity (Wildman–Crippen MR) is 147 cm³/mol. The minimum Gasteiger partial charge on any atom is -0.399 e. The van der Waals surface area contributed by atoms with Gasteiger partial charge in [-0.15, -0.1) is 0 Å². The number of benzene rings is 3. The van der Waals surface area contributed by atoms with Gasteiger partial charge in [0.1, 0.15) is 11.9 Å². The van der Waals surface area contributed by atoms with Crippen molar-refractivity contribution < 1.29 is 18.0 Å². The van der Waals surface area contributed by atoms with Gasteiger partial charge in [0.05, 0.1) is 12.3 Å². The van der Waals surface area contributed by atoms with E-state index in [9.17, 15) is 18.0 Å². The van der Waals surface area contributed by atoms with E-state index in [-0.39, 0.29) is 31.1 Å². The zero-order valence-electron chi connectivity index (χ0n) is 20.8. The molecular weight excluding hydrogens is 504 g/mol. The highest BCUT2D eigenvalue weighted by molar-refractivity contribution is 7.88. The van der Waals surface area contributed by atoms with Crippen LogP contribution >= 0.6 is 0 Å². The molecule has 0 aromatic heterocycles. The summed E-state index contributed by atoms with van der Waals surface area (Å²) in [6.45, 7) is -0.0969. The fourth-order valence-electron chi connectivity index (χ4n) is 3.72. The van der Waals surface area contributed by atoms with Gasteiger partial charge < -0.3 is 22.1 Å². The number of hydrogen-bond donors (Lipinski definition) is 6. The lowest BCUT2D eigenvalue weighted by Gasteiger charge is -2.19. The molecule has 3 rings (SSSR count). The number of anilines is 1. The normalized spacial score (nSPS) is 11.9. The summed E-state index contributed by atoms with van der Waals surface area (Å²) in [5.41, 5.74) is 14.5. The van der Waals surface area contributed by atoms with E-state index in [0.29, 0.717) is 23.2 Å². The van der Waals surface area contributed by atoms with Crippen LogP contribution in [0.3, 0.4) is 0 Å². The molecule has 3 aromatic carbocycles. The summed E-state index contributed by atoms with van der Waals surface area (Å²) in [6, 6.07) is 21.7. The van der Waals surface area contributed by atoms with Crippen LogP contribution in [0.1, 0.15) is 28.7 Å². The molecular formula is C27H32N6O4S. The van der Waals surface area contributed by atoms with Gasteiger partial charge in [-0.3, -0.25) is 15.0 Å². The SMILES string of the molecule is N=C(N)c1ccc(CNC(=O)CNC(=O)[C@@H](CCc2ccccc2)NS(=O)(=O)Cc2cccc(N)c2)cc1. The average molecular weight is 537 g/mol. The van der Waals surface area contributed by atoms with Crippen LogP contribution < -0.4 is 26.8 Å². The Morgan fingerprint density at radius 1 is 0.868 bits per heavy atom. The van der Waals surface area contributed by atoms with Gasteiger partial charge in [-0.1, -0.05) is 66.7 Å². The predicted octanol–water partition coefficient (Wildman–Crippen LogP) is 1.41. The summed E-state index contributed by atoms with van der Waals surface area (Å²) in [7, 11) is -3.89. The van der Waals surface area contributed by atoms with Crippen LogP contribution in [0.15, 0.2) is 78.9 Å². The Balaban J connectivity index is 1.59. The van der Waals surface area contributed by atoms with Crippen LogP contribution in [0.4, 0.5) is 5.69 Å². The van der Waals surface area contributed by atoms with E-state index in [1.807, 2.05) is 30.3 Å². The fraction of sp³-hybridized carbons (Fsp3) is 0.222. The lowest BCUT2D eigenvalue weighted by molar-refractivity contribution is -0.127. The molecule has 3 aromatic rings. The van der Waals surface area contributed by atoms with Gasteiger partial charge in [0.2, 0.25) is 21.8 Å². The summed E-state index contributed by atoms with van der Waals surface area (Å²) in [4.78, 5) is 25.3. The molecule has 11 heteroatoms. The van der Waals surface area contributed by atoms with Gasteiger partial charge in [-0.05, 0) is 41.7 Å². The molecule has 2 amide bonds. The summed E-state index contributed by atoms with van der Waals surface area (Å²) < 4.78 is 28.2. The van der Waals surface area contributed by atoms with Gasteiger partial charge in [0, 0.05) is 17.8 Å². The van der Waals surface area contributed by atoms with E-state index in [1.54, 1.807) is 48.5 Å². The molecule has 0 aliphatic carbocycles. The second-order valence-corrected chi connectivity index (χ2v) is 10.6. The Morgan fingerprint density at radius 2 is 1.55 bits per heavy atom. The van der Waals surface area contributed by atoms with Gasteiger partial charge >= 0.3 is 0 Å². The molecule has 0 radical (unpaired) electrons. The number of carbonyl (C=O) groups is 2. The molecule has 8 N–H and O–H groups in total. The number of amides is 2. The first-order valence-corrected chi connectivity index (χ1v) is 13.6. The van der Waals surface area contributed by atoms with Crippen molar-refractivity contribution in [2.24, 2.45) is 5.73 Å². The zero-order valence-corrected chi connectivity index (χ0v) is 21.6. The number of sulfonamides is 1. The van der Waals surface area contributed by atoms with Crippen molar-refractivity contribution in [3.63, 3.8) is 0 Å². The third-order valence-electron chi connectivity index (χ3n) is 5.69. The smallest absolute Gasteiger partial charge is 0.239 e. The quantitative estimate of drug-likeness (QED) is 0.109. The Bertz CT molecular complexity index is 1360. The number of aryl methyl sites for hydroxylation is 1. The van der Waals surface area contributed by atoms with Crippen molar-refractivity contribution in [1.29, 1.82) is 5.41 Å². The van der Waals surface area contributed by atoms with Crippen molar-refractivity contribution >= 4 is 33.4 Å². The number of hydrogen-bond acceptors (Lipinski definition) is 6. The highest BCUT2D eigenvalue weighted by Crippen LogP contribution is 2.12. The molecule has 0 heterocycles. The number of amidine groups is 1. The summed E-state index contributed by atoms with van der Waals surface area (Å²) in [6.07, 6.45) is 0.665. The molecule has 0 unspecified atom stereocenters. The van der Waals surface area contributed by atoms with E-state index in [2.05, 4.69) is 15.4 Å². The molecule has 0 bridgehead atoms. The van der Waals surface area contributed by atoms with E-state index >= 15 is 0 Å². The van der Waals surface area contributed by atoms with E-state index in [1.165, 1.54) is 0 Å². The lowest BCUT2D eigenvalue weighted by Crippen LogP contribution is -2.49. The standard InChI is InChI=1S/C27H32N6O4S/c28-23-8-4-7-21(15-23)18-38(36,37)33-24(14-11-19-5-2-1-3-6-19)27(35)32-17-25(34)31-16-20-9-12-22(13-10-20)26(29)30/h1-10,12-13,15,24,33H,11,14,16-18,28H2,(H3,29,30)(H,31,34)(H,32,35)/t24-/m1/s1. The third kappa shape index (κ3) is 9.34.